The molecule has 2 aromatic rings. The van der Waals surface area contributed by atoms with E-state index in [4.69, 9.17) is 0 Å². The first kappa shape index (κ1) is 25.8. The molecule has 2 amide bonds. The SMILES string of the molecule is CCCN1C(=O)[C@@H]2[C@@H](CC(C)=C([C@H](O)CC/C(=C/c3ccc(O)cc3)c3ccccn3)[C@@H]2CO)C1=O. The molecule has 3 N–H and O–H groups in total. The highest BCUT2D eigenvalue weighted by molar-refractivity contribution is 6.05. The van der Waals surface area contributed by atoms with Crippen LogP contribution in [0.2, 0.25) is 0 Å². The number of carbonyl (C=O) groups is 2. The van der Waals surface area contributed by atoms with E-state index < -0.39 is 23.9 Å². The average Bonchev–Trinajstić information content (AvgIpc) is 3.11. The zero-order valence-electron chi connectivity index (χ0n) is 20.8. The number of imide groups is 1. The largest absolute Gasteiger partial charge is 0.508 e. The maximum absolute atomic E-state index is 13.1. The second-order valence-corrected chi connectivity index (χ2v) is 9.72. The molecule has 0 unspecified atom stereocenters. The molecule has 7 heteroatoms. The van der Waals surface area contributed by atoms with Crippen molar-refractivity contribution >= 4 is 23.5 Å². The number of nitrogens with zero attached hydrogens (tertiary/aromatic N) is 2. The van der Waals surface area contributed by atoms with Crippen LogP contribution in [0.4, 0.5) is 0 Å². The van der Waals surface area contributed by atoms with E-state index in [2.05, 4.69) is 4.98 Å². The van der Waals surface area contributed by atoms with Crippen LogP contribution in [0.25, 0.3) is 11.6 Å². The van der Waals surface area contributed by atoms with Crippen molar-refractivity contribution in [3.8, 4) is 5.75 Å². The molecular formula is C29H34N2O5. The van der Waals surface area contributed by atoms with Gasteiger partial charge in [0.05, 0.1) is 30.2 Å². The summed E-state index contributed by atoms with van der Waals surface area (Å²) in [5.41, 5.74) is 4.18. The number of rotatable bonds is 9. The van der Waals surface area contributed by atoms with E-state index in [9.17, 15) is 24.9 Å². The number of benzene rings is 1. The monoisotopic (exact) mass is 490 g/mol. The number of hydrogen-bond acceptors (Lipinski definition) is 6. The molecule has 1 aliphatic carbocycles. The van der Waals surface area contributed by atoms with E-state index >= 15 is 0 Å². The lowest BCUT2D eigenvalue weighted by Crippen LogP contribution is -2.38. The fraction of sp³-hybridized carbons (Fsp3) is 0.414. The van der Waals surface area contributed by atoms with Gasteiger partial charge in [0.25, 0.3) is 0 Å². The van der Waals surface area contributed by atoms with Crippen LogP contribution in [-0.4, -0.2) is 56.3 Å². The highest BCUT2D eigenvalue weighted by Crippen LogP contribution is 2.46. The van der Waals surface area contributed by atoms with Crippen molar-refractivity contribution in [2.45, 2.75) is 45.6 Å². The van der Waals surface area contributed by atoms with Gasteiger partial charge < -0.3 is 15.3 Å². The van der Waals surface area contributed by atoms with E-state index in [1.165, 1.54) is 4.90 Å². The first-order valence-electron chi connectivity index (χ1n) is 12.6. The Kier molecular flexibility index (Phi) is 8.01. The first-order valence-corrected chi connectivity index (χ1v) is 12.6. The summed E-state index contributed by atoms with van der Waals surface area (Å²) in [5, 5.41) is 31.2. The quantitative estimate of drug-likeness (QED) is 0.364. The number of aromatic hydroxyl groups is 1. The van der Waals surface area contributed by atoms with Crippen LogP contribution in [0.15, 0.2) is 59.8 Å². The Balaban J connectivity index is 1.58. The van der Waals surface area contributed by atoms with Gasteiger partial charge in [0, 0.05) is 18.7 Å². The van der Waals surface area contributed by atoms with Crippen molar-refractivity contribution in [1.29, 1.82) is 0 Å². The Bertz CT molecular complexity index is 1160. The zero-order valence-corrected chi connectivity index (χ0v) is 20.8. The number of phenolic OH excluding ortho intramolecular Hbond substituents is 1. The van der Waals surface area contributed by atoms with Crippen LogP contribution in [0.5, 0.6) is 5.75 Å². The molecule has 4 atom stereocenters. The van der Waals surface area contributed by atoms with Gasteiger partial charge in [0.15, 0.2) is 0 Å². The maximum Gasteiger partial charge on any atom is 0.233 e. The van der Waals surface area contributed by atoms with Gasteiger partial charge >= 0.3 is 0 Å². The molecule has 2 aliphatic rings. The Morgan fingerprint density at radius 3 is 2.56 bits per heavy atom. The first-order chi connectivity index (χ1) is 17.3. The summed E-state index contributed by atoms with van der Waals surface area (Å²) in [6, 6.07) is 12.5. The third kappa shape index (κ3) is 5.13. The Labute approximate surface area is 211 Å². The zero-order chi connectivity index (χ0) is 25.8. The van der Waals surface area contributed by atoms with Crippen LogP contribution in [0.1, 0.15) is 50.8 Å². The normalized spacial score (nSPS) is 23.3. The summed E-state index contributed by atoms with van der Waals surface area (Å²) in [4.78, 5) is 31.8. The van der Waals surface area contributed by atoms with Crippen molar-refractivity contribution in [1.82, 2.24) is 9.88 Å². The van der Waals surface area contributed by atoms with Crippen LogP contribution < -0.4 is 0 Å². The van der Waals surface area contributed by atoms with Gasteiger partial charge in [-0.05, 0) is 79.7 Å². The van der Waals surface area contributed by atoms with Gasteiger partial charge in [-0.1, -0.05) is 30.7 Å². The van der Waals surface area contributed by atoms with Crippen LogP contribution >= 0.6 is 0 Å². The highest BCUT2D eigenvalue weighted by Gasteiger charge is 2.54. The van der Waals surface area contributed by atoms with Crippen molar-refractivity contribution in [3.63, 3.8) is 0 Å². The number of phenols is 1. The molecule has 7 nitrogen and oxygen atoms in total. The van der Waals surface area contributed by atoms with Crippen LogP contribution in [0, 0.1) is 17.8 Å². The molecule has 36 heavy (non-hydrogen) atoms. The molecule has 0 saturated carbocycles. The average molecular weight is 491 g/mol. The number of allylic oxidation sites excluding steroid dienone is 2. The predicted molar refractivity (Wildman–Crippen MR) is 137 cm³/mol. The van der Waals surface area contributed by atoms with E-state index in [0.717, 1.165) is 22.4 Å². The molecule has 0 radical (unpaired) electrons. The lowest BCUT2D eigenvalue weighted by atomic mass is 9.68. The summed E-state index contributed by atoms with van der Waals surface area (Å²) in [6.45, 7) is 3.91. The smallest absolute Gasteiger partial charge is 0.233 e. The molecule has 1 aromatic carbocycles. The van der Waals surface area contributed by atoms with Crippen molar-refractivity contribution < 1.29 is 24.9 Å². The summed E-state index contributed by atoms with van der Waals surface area (Å²) >= 11 is 0. The Hall–Kier alpha value is -3.29. The van der Waals surface area contributed by atoms with E-state index in [1.807, 2.05) is 50.3 Å². The minimum atomic E-state index is -0.863. The third-order valence-corrected chi connectivity index (χ3v) is 7.34. The van der Waals surface area contributed by atoms with E-state index in [1.54, 1.807) is 18.3 Å². The topological polar surface area (TPSA) is 111 Å². The summed E-state index contributed by atoms with van der Waals surface area (Å²) in [7, 11) is 0. The fourth-order valence-corrected chi connectivity index (χ4v) is 5.67. The molecule has 1 aromatic heterocycles. The number of aliphatic hydroxyl groups excluding tert-OH is 2. The van der Waals surface area contributed by atoms with Crippen molar-refractivity contribution in [2.24, 2.45) is 17.8 Å². The van der Waals surface area contributed by atoms with E-state index in [-0.39, 0.29) is 24.2 Å². The summed E-state index contributed by atoms with van der Waals surface area (Å²) in [5.74, 6) is -1.86. The predicted octanol–water partition coefficient (Wildman–Crippen LogP) is 3.81. The lowest BCUT2D eigenvalue weighted by molar-refractivity contribution is -0.140. The molecule has 1 saturated heterocycles. The van der Waals surface area contributed by atoms with Gasteiger partial charge in [0.2, 0.25) is 11.8 Å². The molecule has 1 aliphatic heterocycles. The highest BCUT2D eigenvalue weighted by atomic mass is 16.3. The number of aromatic nitrogens is 1. The third-order valence-electron chi connectivity index (χ3n) is 7.34. The van der Waals surface area contributed by atoms with Crippen molar-refractivity contribution in [3.05, 3.63) is 71.1 Å². The molecule has 190 valence electrons. The second-order valence-electron chi connectivity index (χ2n) is 9.72. The summed E-state index contributed by atoms with van der Waals surface area (Å²) in [6.07, 6.45) is 4.84. The molecule has 0 bridgehead atoms. The van der Waals surface area contributed by atoms with Gasteiger partial charge in [-0.25, -0.2) is 0 Å². The number of pyridine rings is 1. The number of aliphatic hydroxyl groups is 2. The van der Waals surface area contributed by atoms with Crippen LogP contribution in [-0.2, 0) is 9.59 Å². The van der Waals surface area contributed by atoms with Gasteiger partial charge in [-0.15, -0.1) is 0 Å². The standard InChI is InChI=1S/C29H34N2O5/c1-3-14-31-28(35)22-15-18(2)26(23(17-32)27(22)29(31)36)25(34)12-9-20(24-6-4-5-13-30-24)16-19-7-10-21(33)11-8-19/h4-8,10-11,13,16,22-23,25,27,32-34H,3,9,12,14-15,17H2,1-2H3/b20-16-/t22-,23+,25-,27-/m1/s1. The number of likely N-dealkylation sites (tertiary alicyclic amines) is 1. The molecule has 2 heterocycles. The molecule has 0 spiro atoms. The molecule has 1 fully saturated rings. The number of hydrogen-bond donors (Lipinski definition) is 3. The summed E-state index contributed by atoms with van der Waals surface area (Å²) < 4.78 is 0. The van der Waals surface area contributed by atoms with E-state index in [0.29, 0.717) is 37.8 Å². The molecular weight excluding hydrogens is 456 g/mol. The van der Waals surface area contributed by atoms with Gasteiger partial charge in [-0.2, -0.15) is 0 Å². The lowest BCUT2D eigenvalue weighted by Gasteiger charge is -2.35. The second kappa shape index (κ2) is 11.2. The fourth-order valence-electron chi connectivity index (χ4n) is 5.67. The Morgan fingerprint density at radius 1 is 1.17 bits per heavy atom. The minimum absolute atomic E-state index is 0.160. The number of fused-ring (bicyclic) bond motifs is 1. The van der Waals surface area contributed by atoms with Crippen molar-refractivity contribution in [2.75, 3.05) is 13.2 Å². The maximum atomic E-state index is 13.1. The molecule has 4 rings (SSSR count). The number of amides is 2. The Morgan fingerprint density at radius 2 is 1.92 bits per heavy atom. The van der Waals surface area contributed by atoms with Gasteiger partial charge in [0.1, 0.15) is 5.75 Å². The van der Waals surface area contributed by atoms with Gasteiger partial charge in [-0.3, -0.25) is 19.5 Å². The minimum Gasteiger partial charge on any atom is -0.508 e. The van der Waals surface area contributed by atoms with Crippen LogP contribution in [0.3, 0.4) is 0 Å². The number of carbonyl (C=O) groups excluding carboxylic acids is 2.